The second-order valence-electron chi connectivity index (χ2n) is 6.96. The summed E-state index contributed by atoms with van der Waals surface area (Å²) in [6.07, 6.45) is 0. The Labute approximate surface area is 149 Å². The lowest BCUT2D eigenvalue weighted by molar-refractivity contribution is -0.664. The topological polar surface area (TPSA) is 112 Å². The number of methoxy groups -OCH3 is 1. The number of phenols is 1. The third-order valence-corrected chi connectivity index (χ3v) is 4.13. The van der Waals surface area contributed by atoms with Crippen molar-refractivity contribution in [2.45, 2.75) is 26.2 Å². The van der Waals surface area contributed by atoms with Gasteiger partial charge in [-0.25, -0.2) is 4.79 Å². The van der Waals surface area contributed by atoms with Crippen molar-refractivity contribution in [3.05, 3.63) is 46.7 Å². The van der Waals surface area contributed by atoms with Crippen LogP contribution in [0.1, 0.15) is 36.7 Å². The number of ether oxygens (including phenoxy) is 1. The van der Waals surface area contributed by atoms with Crippen molar-refractivity contribution < 1.29 is 24.6 Å². The summed E-state index contributed by atoms with van der Waals surface area (Å²) in [5.74, 6) is -0.735. The van der Waals surface area contributed by atoms with E-state index >= 15 is 0 Å². The van der Waals surface area contributed by atoms with Gasteiger partial charge in [0.15, 0.2) is 11.4 Å². The Balaban J connectivity index is 2.29. The minimum absolute atomic E-state index is 0.0213. The van der Waals surface area contributed by atoms with Crippen LogP contribution in [0.3, 0.4) is 0 Å². The Hall–Kier alpha value is -3.29. The number of aromatic hydroxyl groups is 1. The third kappa shape index (κ3) is 2.79. The van der Waals surface area contributed by atoms with Gasteiger partial charge in [0.25, 0.3) is 5.52 Å². The zero-order valence-electron chi connectivity index (χ0n) is 14.8. The zero-order chi connectivity index (χ0) is 19.2. The first-order valence-electron chi connectivity index (χ1n) is 7.91. The average Bonchev–Trinajstić information content (AvgIpc) is 2.90. The molecule has 0 atom stereocenters. The molecule has 3 rings (SSSR count). The molecule has 0 aliphatic rings. The van der Waals surface area contributed by atoms with E-state index in [-0.39, 0.29) is 28.0 Å². The first-order chi connectivity index (χ1) is 12.1. The number of benzene rings is 2. The second kappa shape index (κ2) is 5.91. The summed E-state index contributed by atoms with van der Waals surface area (Å²) in [5.41, 5.74) is 0.765. The molecular formula is C18H19N3O5. The predicted octanol–water partition coefficient (Wildman–Crippen LogP) is 2.37. The fourth-order valence-electron chi connectivity index (χ4n) is 2.73. The standard InChI is InChI=1S/C18H19N3O5/c1-18(2,3)12-8-11(26-4)9-15(16(12)22)20-19-13-7-10(17(23)24)5-6-14(13)21(20)25/h5-9,22H,1-4H3,(H,23,24). The van der Waals surface area contributed by atoms with Gasteiger partial charge in [-0.1, -0.05) is 20.8 Å². The SMILES string of the molecule is COc1cc(-n2nc3cc(C(=O)O)ccc3[n+]2[O-])c(O)c(C(C)(C)C)c1. The summed E-state index contributed by atoms with van der Waals surface area (Å²) >= 11 is 0. The number of carboxylic acids is 1. The number of hydrogen-bond donors (Lipinski definition) is 2. The molecule has 0 saturated heterocycles. The summed E-state index contributed by atoms with van der Waals surface area (Å²) in [6, 6.07) is 7.24. The molecule has 8 heteroatoms. The van der Waals surface area contributed by atoms with E-state index in [1.54, 1.807) is 6.07 Å². The molecule has 0 saturated carbocycles. The molecule has 136 valence electrons. The summed E-state index contributed by atoms with van der Waals surface area (Å²) in [6.45, 7) is 5.78. The van der Waals surface area contributed by atoms with Crippen LogP contribution in [0.25, 0.3) is 16.7 Å². The maximum absolute atomic E-state index is 12.6. The molecule has 1 heterocycles. The van der Waals surface area contributed by atoms with Crippen LogP contribution in [0.2, 0.25) is 0 Å². The Kier molecular flexibility index (Phi) is 3.98. The fraction of sp³-hybridized carbons (Fsp3) is 0.278. The highest BCUT2D eigenvalue weighted by atomic mass is 16.5. The Morgan fingerprint density at radius 2 is 1.96 bits per heavy atom. The summed E-state index contributed by atoms with van der Waals surface area (Å²) in [4.78, 5) is 12.6. The van der Waals surface area contributed by atoms with Crippen LogP contribution in [0.4, 0.5) is 0 Å². The van der Waals surface area contributed by atoms with Crippen LogP contribution in [0.15, 0.2) is 30.3 Å². The van der Waals surface area contributed by atoms with Gasteiger partial charge in [-0.05, 0) is 28.4 Å². The molecule has 3 aromatic rings. The lowest BCUT2D eigenvalue weighted by Gasteiger charge is -2.22. The van der Waals surface area contributed by atoms with Crippen LogP contribution in [-0.2, 0) is 5.41 Å². The van der Waals surface area contributed by atoms with Gasteiger partial charge in [-0.3, -0.25) is 0 Å². The highest BCUT2D eigenvalue weighted by Crippen LogP contribution is 2.38. The predicted molar refractivity (Wildman–Crippen MR) is 93.9 cm³/mol. The average molecular weight is 357 g/mol. The molecule has 0 aliphatic heterocycles. The molecule has 0 radical (unpaired) electrons. The largest absolute Gasteiger partial charge is 0.692 e. The van der Waals surface area contributed by atoms with Gasteiger partial charge in [0.05, 0.1) is 17.8 Å². The van der Waals surface area contributed by atoms with Crippen molar-refractivity contribution in [3.63, 3.8) is 0 Å². The lowest BCUT2D eigenvalue weighted by atomic mass is 9.86. The van der Waals surface area contributed by atoms with Crippen molar-refractivity contribution in [1.82, 2.24) is 9.90 Å². The number of carbonyl (C=O) groups is 1. The Morgan fingerprint density at radius 3 is 2.54 bits per heavy atom. The van der Waals surface area contributed by atoms with Gasteiger partial charge in [0.2, 0.25) is 5.52 Å². The van der Waals surface area contributed by atoms with Crippen LogP contribution in [0.5, 0.6) is 11.5 Å². The van der Waals surface area contributed by atoms with Crippen LogP contribution < -0.4 is 9.58 Å². The van der Waals surface area contributed by atoms with E-state index < -0.39 is 11.4 Å². The molecule has 0 unspecified atom stereocenters. The first-order valence-corrected chi connectivity index (χ1v) is 7.91. The van der Waals surface area contributed by atoms with Gasteiger partial charge in [0.1, 0.15) is 5.75 Å². The molecule has 0 fully saturated rings. The van der Waals surface area contributed by atoms with Gasteiger partial charge in [0, 0.05) is 17.7 Å². The summed E-state index contributed by atoms with van der Waals surface area (Å²) in [7, 11) is 1.49. The van der Waals surface area contributed by atoms with E-state index in [4.69, 9.17) is 9.84 Å². The minimum atomic E-state index is -1.11. The molecule has 0 spiro atoms. The van der Waals surface area contributed by atoms with Crippen molar-refractivity contribution >= 4 is 17.0 Å². The van der Waals surface area contributed by atoms with Crippen molar-refractivity contribution in [2.75, 3.05) is 7.11 Å². The molecule has 2 aromatic carbocycles. The summed E-state index contributed by atoms with van der Waals surface area (Å²) in [5, 5.41) is 36.6. The monoisotopic (exact) mass is 357 g/mol. The van der Waals surface area contributed by atoms with E-state index in [9.17, 15) is 15.1 Å². The number of fused-ring (bicyclic) bond motifs is 1. The highest BCUT2D eigenvalue weighted by Gasteiger charge is 2.27. The number of phenolic OH excluding ortho intramolecular Hbond substituents is 1. The number of nitrogens with zero attached hydrogens (tertiary/aromatic N) is 3. The molecule has 2 N–H and O–H groups in total. The van der Waals surface area contributed by atoms with Crippen molar-refractivity contribution in [2.24, 2.45) is 0 Å². The van der Waals surface area contributed by atoms with Crippen molar-refractivity contribution in [1.29, 1.82) is 0 Å². The molecule has 0 bridgehead atoms. The molecule has 0 amide bonds. The Morgan fingerprint density at radius 1 is 1.27 bits per heavy atom. The molecular weight excluding hydrogens is 338 g/mol. The second-order valence-corrected chi connectivity index (χ2v) is 6.96. The van der Waals surface area contributed by atoms with Gasteiger partial charge < -0.3 is 20.2 Å². The maximum Gasteiger partial charge on any atom is 0.335 e. The molecule has 0 aliphatic carbocycles. The van der Waals surface area contributed by atoms with Gasteiger partial charge in [-0.15, -0.1) is 4.85 Å². The molecule has 8 nitrogen and oxygen atoms in total. The maximum atomic E-state index is 12.6. The lowest BCUT2D eigenvalue weighted by Crippen LogP contribution is -2.37. The van der Waals surface area contributed by atoms with Crippen molar-refractivity contribution in [3.8, 4) is 17.2 Å². The van der Waals surface area contributed by atoms with Crippen LogP contribution in [-0.4, -0.2) is 33.2 Å². The number of aromatic carboxylic acids is 1. The quantitative estimate of drug-likeness (QED) is 0.550. The van der Waals surface area contributed by atoms with Gasteiger partial charge >= 0.3 is 5.97 Å². The van der Waals surface area contributed by atoms with E-state index in [0.29, 0.717) is 16.2 Å². The third-order valence-electron chi connectivity index (χ3n) is 4.13. The Bertz CT molecular complexity index is 1020. The fourth-order valence-corrected chi connectivity index (χ4v) is 2.73. The summed E-state index contributed by atoms with van der Waals surface area (Å²) < 4.78 is 5.29. The van der Waals surface area contributed by atoms with Crippen LogP contribution >= 0.6 is 0 Å². The van der Waals surface area contributed by atoms with E-state index in [1.807, 2.05) is 20.8 Å². The van der Waals surface area contributed by atoms with Crippen LogP contribution in [0, 0.1) is 5.21 Å². The number of hydrogen-bond acceptors (Lipinski definition) is 5. The first kappa shape index (κ1) is 17.5. The van der Waals surface area contributed by atoms with E-state index in [1.165, 1.54) is 31.4 Å². The molecule has 1 aromatic heterocycles. The normalized spacial score (nSPS) is 11.7. The van der Waals surface area contributed by atoms with Gasteiger partial charge in [-0.2, -0.15) is 0 Å². The highest BCUT2D eigenvalue weighted by molar-refractivity contribution is 5.91. The minimum Gasteiger partial charge on any atom is -0.692 e. The molecule has 26 heavy (non-hydrogen) atoms. The zero-order valence-corrected chi connectivity index (χ0v) is 14.8. The number of aromatic nitrogens is 3. The van der Waals surface area contributed by atoms with E-state index in [2.05, 4.69) is 5.10 Å². The van der Waals surface area contributed by atoms with E-state index in [0.717, 1.165) is 4.80 Å². The number of carboxylic acid groups (broad SMARTS) is 1. The number of rotatable bonds is 3. The smallest absolute Gasteiger partial charge is 0.335 e.